The maximum atomic E-state index is 12.3. The summed E-state index contributed by atoms with van der Waals surface area (Å²) < 4.78 is 8.02. The van der Waals surface area contributed by atoms with Crippen molar-refractivity contribution >= 4 is 33.7 Å². The van der Waals surface area contributed by atoms with Gasteiger partial charge in [0.2, 0.25) is 5.91 Å². The summed E-state index contributed by atoms with van der Waals surface area (Å²) in [5.41, 5.74) is 11.8. The van der Waals surface area contributed by atoms with Gasteiger partial charge in [0.1, 0.15) is 5.75 Å². The van der Waals surface area contributed by atoms with Crippen LogP contribution in [-0.4, -0.2) is 28.2 Å². The molecule has 2 aromatic carbocycles. The number of carboxylic acid groups (broad SMARTS) is 1. The summed E-state index contributed by atoms with van der Waals surface area (Å²) in [5, 5.41) is 10.7. The Balaban J connectivity index is 0.000000590. The number of aromatic nitrogens is 1. The van der Waals surface area contributed by atoms with E-state index in [1.165, 1.54) is 16.7 Å². The Morgan fingerprint density at radius 2 is 1.87 bits per heavy atom. The van der Waals surface area contributed by atoms with Crippen molar-refractivity contribution in [3.05, 3.63) is 64.8 Å². The molecule has 3 N–H and O–H groups in total. The molecule has 1 aromatic heterocycles. The Morgan fingerprint density at radius 3 is 2.44 bits per heavy atom. The van der Waals surface area contributed by atoms with E-state index in [-0.39, 0.29) is 0 Å². The molecule has 6 heteroatoms. The van der Waals surface area contributed by atoms with Gasteiger partial charge in [0, 0.05) is 17.5 Å². The first-order valence-electron chi connectivity index (χ1n) is 13.6. The Morgan fingerprint density at radius 1 is 1.18 bits per heavy atom. The topological polar surface area (TPSA) is 94.5 Å². The second kappa shape index (κ2) is 15.4. The Kier molecular flexibility index (Phi) is 12.4. The van der Waals surface area contributed by atoms with E-state index in [2.05, 4.69) is 55.9 Å². The largest absolute Gasteiger partial charge is 0.481 e. The number of aryl methyl sites for hydroxylation is 2. The number of nitrogens with two attached hydrogens (primary N) is 1. The molecule has 0 saturated heterocycles. The van der Waals surface area contributed by atoms with E-state index in [0.717, 1.165) is 60.3 Å². The minimum absolute atomic E-state index is 0.425. The Hall–Kier alpha value is -3.98. The zero-order valence-corrected chi connectivity index (χ0v) is 24.0. The smallest absolute Gasteiger partial charge is 0.341 e. The number of aliphatic carboxylic acids is 1. The van der Waals surface area contributed by atoms with Gasteiger partial charge in [-0.2, -0.15) is 0 Å². The first-order chi connectivity index (χ1) is 18.7. The maximum Gasteiger partial charge on any atom is 0.341 e. The average Bonchev–Trinajstić information content (AvgIpc) is 3.23. The van der Waals surface area contributed by atoms with Gasteiger partial charge in [0.05, 0.1) is 16.4 Å². The van der Waals surface area contributed by atoms with Crippen molar-refractivity contribution in [1.29, 1.82) is 0 Å². The molecule has 1 aliphatic rings. The van der Waals surface area contributed by atoms with Crippen LogP contribution in [0.15, 0.2) is 48.1 Å². The number of rotatable bonds is 8. The molecule has 1 heterocycles. The monoisotopic (exact) mass is 530 g/mol. The summed E-state index contributed by atoms with van der Waals surface area (Å²) >= 11 is 0. The Labute approximate surface area is 232 Å². The normalized spacial score (nSPS) is 12.7. The predicted octanol–water partition coefficient (Wildman–Crippen LogP) is 7.20. The molecule has 3 aromatic rings. The molecule has 0 saturated carbocycles. The molecule has 6 nitrogen and oxygen atoms in total. The van der Waals surface area contributed by atoms with Crippen LogP contribution in [0.2, 0.25) is 0 Å². The molecular formula is C33H42N2O4. The quantitative estimate of drug-likeness (QED) is 0.238. The highest BCUT2D eigenvalue weighted by Gasteiger charge is 2.25. The number of amides is 1. The van der Waals surface area contributed by atoms with Crippen molar-refractivity contribution in [2.24, 2.45) is 5.73 Å². The third-order valence-corrected chi connectivity index (χ3v) is 6.49. The minimum atomic E-state index is -1.04. The lowest BCUT2D eigenvalue weighted by Gasteiger charge is -2.21. The van der Waals surface area contributed by atoms with Crippen LogP contribution in [0.3, 0.4) is 0 Å². The summed E-state index contributed by atoms with van der Waals surface area (Å²) in [5.74, 6) is 1.21. The molecule has 0 atom stereocenters. The lowest BCUT2D eigenvalue weighted by molar-refractivity contribution is -0.139. The van der Waals surface area contributed by atoms with Crippen molar-refractivity contribution in [3.8, 4) is 18.1 Å². The lowest BCUT2D eigenvalue weighted by atomic mass is 9.89. The van der Waals surface area contributed by atoms with E-state index in [0.29, 0.717) is 17.9 Å². The summed E-state index contributed by atoms with van der Waals surface area (Å²) in [6.07, 6.45) is 17.2. The number of allylic oxidation sites excluding steroid dienone is 4. The van der Waals surface area contributed by atoms with Crippen LogP contribution in [0.5, 0.6) is 5.75 Å². The number of ether oxygens (including phenoxy) is 1. The summed E-state index contributed by atoms with van der Waals surface area (Å²) in [7, 11) is 0. The molecule has 39 heavy (non-hydrogen) atoms. The van der Waals surface area contributed by atoms with Crippen LogP contribution in [0.4, 0.5) is 0 Å². The highest BCUT2D eigenvalue weighted by atomic mass is 16.5. The predicted molar refractivity (Wildman–Crippen MR) is 161 cm³/mol. The number of terminal acetylenes is 1. The third kappa shape index (κ3) is 7.77. The fraction of sp³-hybridized carbons (Fsp3) is 0.394. The number of benzene rings is 2. The average molecular weight is 531 g/mol. The number of hydrogen-bond donors (Lipinski definition) is 2. The molecular weight excluding hydrogens is 488 g/mol. The Bertz CT molecular complexity index is 1400. The third-order valence-electron chi connectivity index (χ3n) is 6.49. The fourth-order valence-electron chi connectivity index (χ4n) is 5.07. The molecule has 4 rings (SSSR count). The molecule has 0 fully saturated rings. The number of fused-ring (bicyclic) bond motifs is 5. The van der Waals surface area contributed by atoms with Crippen LogP contribution < -0.4 is 10.5 Å². The van der Waals surface area contributed by atoms with Crippen LogP contribution in [0, 0.1) is 12.3 Å². The standard InChI is InChI=1S/C25H28N2O4.C5H10.C3H4/c1-3-7-15(2)13-27-19-11-6-10-18(25(26)30)22(19)23-20(31-14-21(28)29)12-16-8-4-5-9-17(16)24(23)27;1-3-5-4-2;1-3-2/h6-7,10-12H,3-5,8-9,13-14H2,1-2H3,(H2,26,30)(H,28,29);3,5H,4H2,1-2H3;1H,2H3/b15-7+;5-3-;. The van der Waals surface area contributed by atoms with E-state index >= 15 is 0 Å². The molecule has 1 amide bonds. The van der Waals surface area contributed by atoms with E-state index in [1.807, 2.05) is 25.1 Å². The van der Waals surface area contributed by atoms with Crippen molar-refractivity contribution in [1.82, 2.24) is 4.57 Å². The van der Waals surface area contributed by atoms with E-state index in [9.17, 15) is 14.7 Å². The van der Waals surface area contributed by atoms with Crippen LogP contribution in [0.1, 0.15) is 81.8 Å². The molecule has 0 radical (unpaired) electrons. The van der Waals surface area contributed by atoms with Gasteiger partial charge >= 0.3 is 5.97 Å². The van der Waals surface area contributed by atoms with E-state index in [4.69, 9.17) is 10.5 Å². The van der Waals surface area contributed by atoms with Gasteiger partial charge in [0.15, 0.2) is 6.61 Å². The first kappa shape index (κ1) is 31.2. The van der Waals surface area contributed by atoms with Crippen LogP contribution >= 0.6 is 0 Å². The number of carbonyl (C=O) groups is 2. The summed E-state index contributed by atoms with van der Waals surface area (Å²) in [6, 6.07) is 7.54. The highest BCUT2D eigenvalue weighted by molar-refractivity contribution is 6.20. The van der Waals surface area contributed by atoms with Gasteiger partial charge in [-0.25, -0.2) is 4.79 Å². The van der Waals surface area contributed by atoms with Gasteiger partial charge in [0.25, 0.3) is 0 Å². The van der Waals surface area contributed by atoms with Crippen molar-refractivity contribution in [2.45, 2.75) is 79.7 Å². The number of primary amides is 1. The van der Waals surface area contributed by atoms with Crippen molar-refractivity contribution in [3.63, 3.8) is 0 Å². The minimum Gasteiger partial charge on any atom is -0.481 e. The first-order valence-corrected chi connectivity index (χ1v) is 13.6. The van der Waals surface area contributed by atoms with Gasteiger partial charge in [-0.1, -0.05) is 43.7 Å². The number of carboxylic acids is 1. The number of hydrogen-bond acceptors (Lipinski definition) is 3. The van der Waals surface area contributed by atoms with Gasteiger partial charge in [-0.3, -0.25) is 4.79 Å². The maximum absolute atomic E-state index is 12.3. The summed E-state index contributed by atoms with van der Waals surface area (Å²) in [6.45, 7) is 10.3. The molecule has 0 spiro atoms. The summed E-state index contributed by atoms with van der Waals surface area (Å²) in [4.78, 5) is 23.6. The van der Waals surface area contributed by atoms with Gasteiger partial charge in [-0.05, 0) is 88.6 Å². The lowest BCUT2D eigenvalue weighted by Crippen LogP contribution is -2.12. The van der Waals surface area contributed by atoms with Crippen molar-refractivity contribution < 1.29 is 19.4 Å². The zero-order valence-electron chi connectivity index (χ0n) is 24.0. The molecule has 1 aliphatic carbocycles. The van der Waals surface area contributed by atoms with E-state index in [1.54, 1.807) is 13.0 Å². The number of nitrogens with zero attached hydrogens (tertiary/aromatic N) is 1. The van der Waals surface area contributed by atoms with Crippen molar-refractivity contribution in [2.75, 3.05) is 6.61 Å². The van der Waals surface area contributed by atoms with Gasteiger partial charge < -0.3 is 20.1 Å². The second-order valence-electron chi connectivity index (χ2n) is 9.50. The van der Waals surface area contributed by atoms with E-state index < -0.39 is 18.5 Å². The molecule has 0 unspecified atom stereocenters. The van der Waals surface area contributed by atoms with Crippen LogP contribution in [0.25, 0.3) is 21.8 Å². The molecule has 208 valence electrons. The van der Waals surface area contributed by atoms with Crippen LogP contribution in [-0.2, 0) is 24.2 Å². The van der Waals surface area contributed by atoms with Gasteiger partial charge in [-0.15, -0.1) is 12.3 Å². The fourth-order valence-corrected chi connectivity index (χ4v) is 5.07. The SMILES string of the molecule is C#CC.C/C=C\CC.CC/C=C(\C)Cn1c2cccc(C(N)=O)c2c2c(OCC(=O)O)cc3c(c21)CCCC3. The highest BCUT2D eigenvalue weighted by Crippen LogP contribution is 2.43. The zero-order chi connectivity index (χ0) is 28.9. The number of carbonyl (C=O) groups excluding carboxylic acids is 1. The molecule has 0 aliphatic heterocycles. The second-order valence-corrected chi connectivity index (χ2v) is 9.50. The molecule has 0 bridgehead atoms.